The van der Waals surface area contributed by atoms with Gasteiger partial charge in [-0.3, -0.25) is 0 Å². The summed E-state index contributed by atoms with van der Waals surface area (Å²) >= 11 is 0. The first kappa shape index (κ1) is 22.3. The number of methoxy groups -OCH3 is 1. The summed E-state index contributed by atoms with van der Waals surface area (Å²) in [4.78, 5) is 11.6. The molecule has 0 aliphatic heterocycles. The van der Waals surface area contributed by atoms with Crippen LogP contribution in [0.4, 0.5) is 0 Å². The van der Waals surface area contributed by atoms with Crippen LogP contribution < -0.4 is 14.2 Å². The van der Waals surface area contributed by atoms with Gasteiger partial charge in [0, 0.05) is 23.8 Å². The van der Waals surface area contributed by atoms with E-state index in [-0.39, 0.29) is 13.0 Å². The first-order chi connectivity index (χ1) is 14.9. The van der Waals surface area contributed by atoms with Crippen LogP contribution in [0.5, 0.6) is 11.5 Å². The third-order valence-electron chi connectivity index (χ3n) is 4.56. The molecule has 0 aliphatic carbocycles. The van der Waals surface area contributed by atoms with E-state index in [0.717, 1.165) is 16.2 Å². The lowest BCUT2D eigenvalue weighted by atomic mass is 10.1. The molecule has 0 amide bonds. The fourth-order valence-electron chi connectivity index (χ4n) is 2.95. The largest absolute Gasteiger partial charge is 0.497 e. The van der Waals surface area contributed by atoms with Gasteiger partial charge < -0.3 is 14.6 Å². The van der Waals surface area contributed by atoms with Crippen LogP contribution in [0.15, 0.2) is 72.1 Å². The average molecular weight is 442 g/mol. The van der Waals surface area contributed by atoms with Crippen LogP contribution in [0, 0.1) is 0 Å². The smallest absolute Gasteiger partial charge is 0.344 e. The number of carbonyl (C=O) groups is 1. The fourth-order valence-corrected chi connectivity index (χ4v) is 3.78. The number of carboxylic acid groups (broad SMARTS) is 1. The molecule has 2 N–H and O–H groups in total. The molecule has 31 heavy (non-hydrogen) atoms. The number of hydrogen-bond acceptors (Lipinski definition) is 5. The summed E-state index contributed by atoms with van der Waals surface area (Å²) in [5.41, 5.74) is 0.689. The minimum atomic E-state index is -3.73. The molecule has 3 aromatic carbocycles. The predicted molar refractivity (Wildman–Crippen MR) is 120 cm³/mol. The van der Waals surface area contributed by atoms with E-state index in [0.29, 0.717) is 17.1 Å². The van der Waals surface area contributed by atoms with E-state index in [4.69, 9.17) is 9.47 Å². The van der Waals surface area contributed by atoms with Crippen molar-refractivity contribution in [1.29, 1.82) is 0 Å². The number of carboxylic acids is 1. The van der Waals surface area contributed by atoms with E-state index in [1.165, 1.54) is 6.08 Å². The molecule has 7 nitrogen and oxygen atoms in total. The third-order valence-corrected chi connectivity index (χ3v) is 5.66. The highest BCUT2D eigenvalue weighted by Crippen LogP contribution is 2.26. The van der Waals surface area contributed by atoms with Gasteiger partial charge in [-0.1, -0.05) is 48.5 Å². The van der Waals surface area contributed by atoms with E-state index in [1.54, 1.807) is 43.5 Å². The molecule has 0 saturated heterocycles. The van der Waals surface area contributed by atoms with Crippen molar-refractivity contribution in [3.05, 3.63) is 77.7 Å². The van der Waals surface area contributed by atoms with Gasteiger partial charge in [-0.05, 0) is 35.2 Å². The zero-order chi connectivity index (χ0) is 22.3. The standard InChI is InChI=1S/C23H23NO6S/c1-29-19-11-9-17(10-12-19)14-16-31(27,28)24-15-13-22(23(25)26)30-21-8-4-6-18-5-2-3-7-20(18)21/h2-12,14,16,22,24H,13,15H2,1H3,(H,25,26). The monoisotopic (exact) mass is 441 g/mol. The second kappa shape index (κ2) is 10.1. The van der Waals surface area contributed by atoms with Crippen LogP contribution in [0.1, 0.15) is 12.0 Å². The molecule has 8 heteroatoms. The van der Waals surface area contributed by atoms with Crippen LogP contribution in [0.25, 0.3) is 16.8 Å². The quantitative estimate of drug-likeness (QED) is 0.498. The maximum atomic E-state index is 12.2. The summed E-state index contributed by atoms with van der Waals surface area (Å²) in [6.07, 6.45) is 0.219. The van der Waals surface area contributed by atoms with Crippen molar-refractivity contribution in [3.63, 3.8) is 0 Å². The number of ether oxygens (including phenoxy) is 2. The van der Waals surface area contributed by atoms with Crippen LogP contribution in [-0.4, -0.2) is 39.3 Å². The normalized spacial score (nSPS) is 12.7. The topological polar surface area (TPSA) is 102 Å². The third kappa shape index (κ3) is 6.31. The molecule has 0 saturated carbocycles. The van der Waals surface area contributed by atoms with Gasteiger partial charge in [0.25, 0.3) is 0 Å². The minimum Gasteiger partial charge on any atom is -0.497 e. The van der Waals surface area contributed by atoms with Crippen molar-refractivity contribution >= 4 is 32.8 Å². The van der Waals surface area contributed by atoms with Crippen molar-refractivity contribution in [2.45, 2.75) is 12.5 Å². The van der Waals surface area contributed by atoms with Crippen molar-refractivity contribution < 1.29 is 27.8 Å². The van der Waals surface area contributed by atoms with E-state index in [9.17, 15) is 18.3 Å². The van der Waals surface area contributed by atoms with Crippen LogP contribution >= 0.6 is 0 Å². The Labute approximate surface area is 181 Å². The van der Waals surface area contributed by atoms with Gasteiger partial charge in [-0.25, -0.2) is 17.9 Å². The number of hydrogen-bond donors (Lipinski definition) is 2. The predicted octanol–water partition coefficient (Wildman–Crippen LogP) is 3.66. The molecule has 1 atom stereocenters. The van der Waals surface area contributed by atoms with Crippen molar-refractivity contribution in [1.82, 2.24) is 4.72 Å². The number of fused-ring (bicyclic) bond motifs is 1. The summed E-state index contributed by atoms with van der Waals surface area (Å²) in [6, 6.07) is 19.8. The number of benzene rings is 3. The van der Waals surface area contributed by atoms with Gasteiger partial charge in [0.2, 0.25) is 10.0 Å². The minimum absolute atomic E-state index is 0.0336. The average Bonchev–Trinajstić information content (AvgIpc) is 2.77. The first-order valence-corrected chi connectivity index (χ1v) is 11.1. The molecule has 0 spiro atoms. The SMILES string of the molecule is COc1ccc(C=CS(=O)(=O)NCCC(Oc2cccc3ccccc23)C(=O)O)cc1. The van der Waals surface area contributed by atoms with Crippen LogP contribution in [0.2, 0.25) is 0 Å². The maximum Gasteiger partial charge on any atom is 0.344 e. The zero-order valence-corrected chi connectivity index (χ0v) is 17.7. The Bertz CT molecular complexity index is 1170. The van der Waals surface area contributed by atoms with Gasteiger partial charge in [0.15, 0.2) is 6.10 Å². The molecule has 0 fully saturated rings. The maximum absolute atomic E-state index is 12.2. The second-order valence-corrected chi connectivity index (χ2v) is 8.38. The fraction of sp³-hybridized carbons (Fsp3) is 0.174. The summed E-state index contributed by atoms with van der Waals surface area (Å²) in [5.74, 6) is -0.0577. The lowest BCUT2D eigenvalue weighted by Crippen LogP contribution is -2.33. The Hall–Kier alpha value is -3.36. The molecule has 0 aromatic heterocycles. The van der Waals surface area contributed by atoms with Crippen LogP contribution in [-0.2, 0) is 14.8 Å². The van der Waals surface area contributed by atoms with Gasteiger partial charge in [-0.2, -0.15) is 0 Å². The highest BCUT2D eigenvalue weighted by molar-refractivity contribution is 7.92. The molecule has 3 aromatic rings. The molecule has 0 bridgehead atoms. The van der Waals surface area contributed by atoms with E-state index >= 15 is 0 Å². The second-order valence-electron chi connectivity index (χ2n) is 6.73. The van der Waals surface area contributed by atoms with E-state index in [1.807, 2.05) is 30.3 Å². The molecular weight excluding hydrogens is 418 g/mol. The summed E-state index contributed by atoms with van der Waals surface area (Å²) < 4.78 is 37.5. The number of sulfonamides is 1. The lowest BCUT2D eigenvalue weighted by Gasteiger charge is -2.16. The molecule has 0 aliphatic rings. The summed E-state index contributed by atoms with van der Waals surface area (Å²) in [7, 11) is -2.19. The van der Waals surface area contributed by atoms with Crippen molar-refractivity contribution in [2.75, 3.05) is 13.7 Å². The van der Waals surface area contributed by atoms with Crippen molar-refractivity contribution in [3.8, 4) is 11.5 Å². The van der Waals surface area contributed by atoms with E-state index < -0.39 is 22.1 Å². The summed E-state index contributed by atoms with van der Waals surface area (Å²) in [5, 5.41) is 12.3. The van der Waals surface area contributed by atoms with Crippen molar-refractivity contribution in [2.24, 2.45) is 0 Å². The highest BCUT2D eigenvalue weighted by atomic mass is 32.2. The van der Waals surface area contributed by atoms with Gasteiger partial charge >= 0.3 is 5.97 Å². The molecular formula is C23H23NO6S. The summed E-state index contributed by atoms with van der Waals surface area (Å²) in [6.45, 7) is -0.0863. The molecule has 3 rings (SSSR count). The molecule has 1 unspecified atom stereocenters. The van der Waals surface area contributed by atoms with Gasteiger partial charge in [-0.15, -0.1) is 0 Å². The first-order valence-electron chi connectivity index (χ1n) is 9.57. The number of rotatable bonds is 10. The highest BCUT2D eigenvalue weighted by Gasteiger charge is 2.21. The Morgan fingerprint density at radius 2 is 1.77 bits per heavy atom. The van der Waals surface area contributed by atoms with Crippen LogP contribution in [0.3, 0.4) is 0 Å². The molecule has 0 radical (unpaired) electrons. The lowest BCUT2D eigenvalue weighted by molar-refractivity contribution is -0.145. The molecule has 0 heterocycles. The number of nitrogens with one attached hydrogen (secondary N) is 1. The number of aliphatic carboxylic acids is 1. The Morgan fingerprint density at radius 3 is 2.48 bits per heavy atom. The van der Waals surface area contributed by atoms with Gasteiger partial charge in [0.1, 0.15) is 11.5 Å². The Kier molecular flexibility index (Phi) is 7.28. The molecule has 162 valence electrons. The Morgan fingerprint density at radius 1 is 1.06 bits per heavy atom. The zero-order valence-electron chi connectivity index (χ0n) is 16.9. The van der Waals surface area contributed by atoms with Gasteiger partial charge in [0.05, 0.1) is 7.11 Å². The van der Waals surface area contributed by atoms with E-state index in [2.05, 4.69) is 4.72 Å². The Balaban J connectivity index is 1.60.